The summed E-state index contributed by atoms with van der Waals surface area (Å²) < 4.78 is 0. The molecule has 1 aliphatic rings. The van der Waals surface area contributed by atoms with Crippen LogP contribution in [0.3, 0.4) is 0 Å². The fraction of sp³-hybridized carbons (Fsp3) is 0.462. The van der Waals surface area contributed by atoms with Crippen molar-refractivity contribution in [1.82, 2.24) is 9.80 Å². The van der Waals surface area contributed by atoms with E-state index in [0.717, 1.165) is 38.3 Å². The van der Waals surface area contributed by atoms with E-state index < -0.39 is 0 Å². The van der Waals surface area contributed by atoms with Crippen molar-refractivity contribution in [1.29, 1.82) is 0 Å². The van der Waals surface area contributed by atoms with E-state index in [1.54, 1.807) is 6.21 Å². The van der Waals surface area contributed by atoms with E-state index in [2.05, 4.69) is 40.1 Å². The second-order valence-electron chi connectivity index (χ2n) is 4.60. The first-order valence-corrected chi connectivity index (χ1v) is 6.01. The summed E-state index contributed by atoms with van der Waals surface area (Å²) in [5.41, 5.74) is 2.39. The van der Waals surface area contributed by atoms with Crippen LogP contribution in [0.25, 0.3) is 0 Å². The highest BCUT2D eigenvalue weighted by molar-refractivity contribution is 5.79. The predicted molar refractivity (Wildman–Crippen MR) is 71.0 cm³/mol. The van der Waals surface area contributed by atoms with E-state index in [4.69, 9.17) is 5.84 Å². The van der Waals surface area contributed by atoms with Gasteiger partial charge in [-0.3, -0.25) is 4.90 Å². The summed E-state index contributed by atoms with van der Waals surface area (Å²) in [6.07, 6.45) is 1.69. The van der Waals surface area contributed by atoms with E-state index in [-0.39, 0.29) is 0 Å². The van der Waals surface area contributed by atoms with Gasteiger partial charge in [-0.2, -0.15) is 5.10 Å². The Morgan fingerprint density at radius 3 is 2.76 bits per heavy atom. The van der Waals surface area contributed by atoms with Crippen molar-refractivity contribution in [3.05, 3.63) is 35.4 Å². The smallest absolute Gasteiger partial charge is 0.0538 e. The monoisotopic (exact) mass is 232 g/mol. The predicted octanol–water partition coefficient (Wildman–Crippen LogP) is 0.727. The lowest BCUT2D eigenvalue weighted by molar-refractivity contribution is 0.148. The topological polar surface area (TPSA) is 44.9 Å². The quantitative estimate of drug-likeness (QED) is 0.474. The largest absolute Gasteiger partial charge is 0.323 e. The molecule has 0 amide bonds. The molecular formula is C13H20N4. The fourth-order valence-corrected chi connectivity index (χ4v) is 2.12. The highest BCUT2D eigenvalue weighted by Crippen LogP contribution is 2.09. The minimum absolute atomic E-state index is 1.01. The Labute approximate surface area is 103 Å². The van der Waals surface area contributed by atoms with E-state index in [1.165, 1.54) is 5.56 Å². The van der Waals surface area contributed by atoms with E-state index in [0.29, 0.717) is 0 Å². The van der Waals surface area contributed by atoms with E-state index in [9.17, 15) is 0 Å². The van der Waals surface area contributed by atoms with Crippen LogP contribution in [-0.2, 0) is 6.54 Å². The molecule has 2 rings (SSSR count). The average Bonchev–Trinajstić information content (AvgIpc) is 2.33. The van der Waals surface area contributed by atoms with Gasteiger partial charge in [-0.25, -0.2) is 0 Å². The molecule has 1 aliphatic heterocycles. The molecular weight excluding hydrogens is 212 g/mol. The molecule has 0 aromatic heterocycles. The first kappa shape index (κ1) is 12.1. The summed E-state index contributed by atoms with van der Waals surface area (Å²) in [5.74, 6) is 5.16. The van der Waals surface area contributed by atoms with Crippen LogP contribution in [-0.4, -0.2) is 49.2 Å². The molecule has 0 radical (unpaired) electrons. The molecule has 1 saturated heterocycles. The van der Waals surface area contributed by atoms with Gasteiger partial charge in [-0.1, -0.05) is 18.2 Å². The maximum Gasteiger partial charge on any atom is 0.0538 e. The summed E-state index contributed by atoms with van der Waals surface area (Å²) >= 11 is 0. The van der Waals surface area contributed by atoms with E-state index in [1.807, 2.05) is 6.07 Å². The van der Waals surface area contributed by atoms with E-state index >= 15 is 0 Å². The van der Waals surface area contributed by atoms with Gasteiger partial charge in [0.15, 0.2) is 0 Å². The van der Waals surface area contributed by atoms with Gasteiger partial charge in [-0.15, -0.1) is 0 Å². The number of hydrazone groups is 1. The van der Waals surface area contributed by atoms with Crippen LogP contribution in [0.5, 0.6) is 0 Å². The van der Waals surface area contributed by atoms with Crippen LogP contribution < -0.4 is 5.84 Å². The lowest BCUT2D eigenvalue weighted by atomic mass is 10.1. The molecule has 4 nitrogen and oxygen atoms in total. The third-order valence-electron chi connectivity index (χ3n) is 3.18. The fourth-order valence-electron chi connectivity index (χ4n) is 2.12. The maximum absolute atomic E-state index is 5.16. The second-order valence-corrected chi connectivity index (χ2v) is 4.60. The van der Waals surface area contributed by atoms with Crippen LogP contribution in [0.4, 0.5) is 0 Å². The van der Waals surface area contributed by atoms with Crippen LogP contribution in [0, 0.1) is 0 Å². The Morgan fingerprint density at radius 2 is 2.06 bits per heavy atom. The SMILES string of the molecule is CN1CCN(Cc2cccc(C=NN)c2)CC1. The van der Waals surface area contributed by atoms with Gasteiger partial charge in [0.1, 0.15) is 0 Å². The number of piperazine rings is 1. The molecule has 92 valence electrons. The lowest BCUT2D eigenvalue weighted by Crippen LogP contribution is -2.43. The van der Waals surface area contributed by atoms with Gasteiger partial charge < -0.3 is 10.7 Å². The highest BCUT2D eigenvalue weighted by Gasteiger charge is 2.13. The van der Waals surface area contributed by atoms with Gasteiger partial charge in [0.2, 0.25) is 0 Å². The Balaban J connectivity index is 1.96. The third kappa shape index (κ3) is 3.54. The van der Waals surface area contributed by atoms with Crippen LogP contribution >= 0.6 is 0 Å². The van der Waals surface area contributed by atoms with Crippen molar-refractivity contribution in [3.8, 4) is 0 Å². The summed E-state index contributed by atoms with van der Waals surface area (Å²) in [6, 6.07) is 8.38. The third-order valence-corrected chi connectivity index (χ3v) is 3.18. The summed E-state index contributed by atoms with van der Waals surface area (Å²) in [4.78, 5) is 4.85. The number of hydrogen-bond acceptors (Lipinski definition) is 4. The molecule has 4 heteroatoms. The molecule has 1 aromatic rings. The Hall–Kier alpha value is -1.39. The Kier molecular flexibility index (Phi) is 4.12. The standard InChI is InChI=1S/C13H20N4/c1-16-5-7-17(8-6-16)11-13-4-2-3-12(9-13)10-15-14/h2-4,9-10H,5-8,11,14H2,1H3. The molecule has 1 fully saturated rings. The Morgan fingerprint density at radius 1 is 1.29 bits per heavy atom. The molecule has 0 atom stereocenters. The van der Waals surface area contributed by atoms with Gasteiger partial charge in [0, 0.05) is 32.7 Å². The summed E-state index contributed by atoms with van der Waals surface area (Å²) in [6.45, 7) is 5.62. The van der Waals surface area contributed by atoms with Gasteiger partial charge in [0.05, 0.1) is 6.21 Å². The molecule has 2 N–H and O–H groups in total. The van der Waals surface area contributed by atoms with Crippen molar-refractivity contribution in [2.75, 3.05) is 33.2 Å². The number of benzene rings is 1. The molecule has 0 saturated carbocycles. The Bertz CT molecular complexity index is 381. The minimum atomic E-state index is 1.01. The van der Waals surface area contributed by atoms with Crippen molar-refractivity contribution in [2.24, 2.45) is 10.9 Å². The zero-order valence-corrected chi connectivity index (χ0v) is 10.3. The normalized spacial score (nSPS) is 18.9. The summed E-state index contributed by atoms with van der Waals surface area (Å²) in [7, 11) is 2.18. The molecule has 0 bridgehead atoms. The lowest BCUT2D eigenvalue weighted by Gasteiger charge is -2.32. The maximum atomic E-state index is 5.16. The number of nitrogens with zero attached hydrogens (tertiary/aromatic N) is 3. The molecule has 0 aliphatic carbocycles. The number of likely N-dealkylation sites (N-methyl/N-ethyl adjacent to an activating group) is 1. The second kappa shape index (κ2) is 5.80. The van der Waals surface area contributed by atoms with Crippen molar-refractivity contribution in [2.45, 2.75) is 6.54 Å². The molecule has 1 heterocycles. The van der Waals surface area contributed by atoms with Crippen LogP contribution in [0.15, 0.2) is 29.4 Å². The van der Waals surface area contributed by atoms with Crippen LogP contribution in [0.2, 0.25) is 0 Å². The minimum Gasteiger partial charge on any atom is -0.323 e. The molecule has 0 unspecified atom stereocenters. The first-order chi connectivity index (χ1) is 8.28. The van der Waals surface area contributed by atoms with Gasteiger partial charge in [0.25, 0.3) is 0 Å². The molecule has 0 spiro atoms. The van der Waals surface area contributed by atoms with Crippen molar-refractivity contribution in [3.63, 3.8) is 0 Å². The van der Waals surface area contributed by atoms with Crippen molar-refractivity contribution >= 4 is 6.21 Å². The number of rotatable bonds is 3. The van der Waals surface area contributed by atoms with Crippen molar-refractivity contribution < 1.29 is 0 Å². The zero-order chi connectivity index (χ0) is 12.1. The average molecular weight is 232 g/mol. The molecule has 1 aromatic carbocycles. The molecule has 17 heavy (non-hydrogen) atoms. The number of hydrogen-bond donors (Lipinski definition) is 1. The summed E-state index contributed by atoms with van der Waals surface area (Å²) in [5, 5.41) is 3.56. The van der Waals surface area contributed by atoms with Gasteiger partial charge in [-0.05, 0) is 24.2 Å². The van der Waals surface area contributed by atoms with Gasteiger partial charge >= 0.3 is 0 Å². The van der Waals surface area contributed by atoms with Crippen LogP contribution in [0.1, 0.15) is 11.1 Å². The first-order valence-electron chi connectivity index (χ1n) is 6.01. The zero-order valence-electron chi connectivity index (χ0n) is 10.3. The highest BCUT2D eigenvalue weighted by atomic mass is 15.2. The number of nitrogens with two attached hydrogens (primary N) is 1.